The Bertz CT molecular complexity index is 434. The van der Waals surface area contributed by atoms with E-state index >= 15 is 0 Å². The molecular formula is C20H37N3O3. The van der Waals surface area contributed by atoms with Crippen molar-refractivity contribution in [2.75, 3.05) is 65.6 Å². The smallest absolute Gasteiger partial charge is 0.224 e. The van der Waals surface area contributed by atoms with Gasteiger partial charge in [0.1, 0.15) is 0 Å². The molecule has 0 bridgehead atoms. The maximum absolute atomic E-state index is 12.8. The molecule has 3 fully saturated rings. The molecule has 26 heavy (non-hydrogen) atoms. The monoisotopic (exact) mass is 367 g/mol. The quantitative estimate of drug-likeness (QED) is 0.733. The lowest BCUT2D eigenvalue weighted by molar-refractivity contribution is -0.128. The van der Waals surface area contributed by atoms with Gasteiger partial charge in [0, 0.05) is 52.4 Å². The molecule has 0 aromatic rings. The van der Waals surface area contributed by atoms with E-state index in [0.717, 1.165) is 78.4 Å². The largest absolute Gasteiger partial charge is 0.379 e. The summed E-state index contributed by atoms with van der Waals surface area (Å²) in [5.74, 6) is 1.53. The van der Waals surface area contributed by atoms with E-state index in [0.29, 0.717) is 18.4 Å². The van der Waals surface area contributed by atoms with Crippen LogP contribution in [-0.4, -0.2) is 87.4 Å². The number of amides is 1. The Morgan fingerprint density at radius 3 is 2.65 bits per heavy atom. The predicted octanol–water partition coefficient (Wildman–Crippen LogP) is 1.21. The number of piperidine rings is 1. The number of nitrogens with zero attached hydrogens (tertiary/aromatic N) is 2. The Morgan fingerprint density at radius 2 is 1.96 bits per heavy atom. The zero-order chi connectivity index (χ0) is 18.4. The van der Waals surface area contributed by atoms with E-state index in [1.165, 1.54) is 0 Å². The molecule has 0 saturated carbocycles. The summed E-state index contributed by atoms with van der Waals surface area (Å²) < 4.78 is 11.1. The van der Waals surface area contributed by atoms with Crippen molar-refractivity contribution in [3.63, 3.8) is 0 Å². The van der Waals surface area contributed by atoms with Crippen LogP contribution in [0.4, 0.5) is 0 Å². The maximum atomic E-state index is 12.8. The first kappa shape index (κ1) is 20.1. The summed E-state index contributed by atoms with van der Waals surface area (Å²) in [4.78, 5) is 17.8. The van der Waals surface area contributed by atoms with Crippen LogP contribution < -0.4 is 5.32 Å². The standard InChI is InChI=1S/C20H37N3O3/c1-16(2)12-23-14-17(13-22-5-8-25-9-6-22)10-18(15-23)20(24)21-11-19-4-3-7-26-19/h16-19H,3-15H2,1-2H3,(H,21,24)/t17-,18-,19?/m1/s1. The first-order valence-corrected chi connectivity index (χ1v) is 10.5. The van der Waals surface area contributed by atoms with Gasteiger partial charge in [-0.2, -0.15) is 0 Å². The van der Waals surface area contributed by atoms with E-state index in [1.807, 2.05) is 0 Å². The van der Waals surface area contributed by atoms with E-state index in [-0.39, 0.29) is 17.9 Å². The van der Waals surface area contributed by atoms with E-state index in [1.54, 1.807) is 0 Å². The molecule has 150 valence electrons. The van der Waals surface area contributed by atoms with Gasteiger partial charge in [0.05, 0.1) is 25.2 Å². The molecule has 1 amide bonds. The van der Waals surface area contributed by atoms with Crippen LogP contribution in [0, 0.1) is 17.8 Å². The van der Waals surface area contributed by atoms with Crippen LogP contribution in [0.5, 0.6) is 0 Å². The molecule has 6 heteroatoms. The number of carbonyl (C=O) groups is 1. The van der Waals surface area contributed by atoms with Gasteiger partial charge in [0.15, 0.2) is 0 Å². The Morgan fingerprint density at radius 1 is 1.15 bits per heavy atom. The van der Waals surface area contributed by atoms with Crippen LogP contribution in [0.15, 0.2) is 0 Å². The number of rotatable bonds is 7. The Labute approximate surface area is 158 Å². The van der Waals surface area contributed by atoms with Gasteiger partial charge >= 0.3 is 0 Å². The average molecular weight is 368 g/mol. The summed E-state index contributed by atoms with van der Waals surface area (Å²) >= 11 is 0. The second kappa shape index (κ2) is 10.0. The normalized spacial score (nSPS) is 31.4. The van der Waals surface area contributed by atoms with Gasteiger partial charge in [-0.25, -0.2) is 0 Å². The predicted molar refractivity (Wildman–Crippen MR) is 102 cm³/mol. The van der Waals surface area contributed by atoms with Crippen molar-refractivity contribution in [1.29, 1.82) is 0 Å². The molecule has 3 atom stereocenters. The zero-order valence-electron chi connectivity index (χ0n) is 16.6. The molecule has 0 spiro atoms. The lowest BCUT2D eigenvalue weighted by atomic mass is 9.87. The van der Waals surface area contributed by atoms with Crippen LogP contribution in [0.1, 0.15) is 33.1 Å². The van der Waals surface area contributed by atoms with E-state index in [2.05, 4.69) is 29.0 Å². The fourth-order valence-corrected chi connectivity index (χ4v) is 4.60. The minimum absolute atomic E-state index is 0.106. The molecule has 3 aliphatic heterocycles. The summed E-state index contributed by atoms with van der Waals surface area (Å²) in [6, 6.07) is 0. The van der Waals surface area contributed by atoms with Gasteiger partial charge in [-0.05, 0) is 31.1 Å². The van der Waals surface area contributed by atoms with Crippen LogP contribution in [0.2, 0.25) is 0 Å². The number of hydrogen-bond acceptors (Lipinski definition) is 5. The maximum Gasteiger partial charge on any atom is 0.224 e. The second-order valence-electron chi connectivity index (χ2n) is 8.70. The molecule has 0 aliphatic carbocycles. The summed E-state index contributed by atoms with van der Waals surface area (Å²) in [7, 11) is 0. The fourth-order valence-electron chi connectivity index (χ4n) is 4.60. The van der Waals surface area contributed by atoms with Crippen molar-refractivity contribution in [1.82, 2.24) is 15.1 Å². The Balaban J connectivity index is 1.52. The number of hydrogen-bond donors (Lipinski definition) is 1. The molecule has 3 heterocycles. The van der Waals surface area contributed by atoms with Crippen LogP contribution in [0.3, 0.4) is 0 Å². The first-order chi connectivity index (χ1) is 12.6. The average Bonchev–Trinajstić information content (AvgIpc) is 3.13. The van der Waals surface area contributed by atoms with Crippen LogP contribution >= 0.6 is 0 Å². The molecule has 0 aromatic heterocycles. The third-order valence-electron chi connectivity index (χ3n) is 5.76. The van der Waals surface area contributed by atoms with Crippen LogP contribution in [0.25, 0.3) is 0 Å². The van der Waals surface area contributed by atoms with Crippen molar-refractivity contribution >= 4 is 5.91 Å². The molecule has 1 N–H and O–H groups in total. The highest BCUT2D eigenvalue weighted by molar-refractivity contribution is 5.79. The minimum Gasteiger partial charge on any atom is -0.379 e. The molecule has 3 saturated heterocycles. The zero-order valence-corrected chi connectivity index (χ0v) is 16.6. The summed E-state index contributed by atoms with van der Waals surface area (Å²) in [6.07, 6.45) is 3.42. The van der Waals surface area contributed by atoms with Crippen molar-refractivity contribution in [2.45, 2.75) is 39.2 Å². The first-order valence-electron chi connectivity index (χ1n) is 10.5. The number of ether oxygens (including phenoxy) is 2. The summed E-state index contributed by atoms with van der Waals surface area (Å²) in [5.41, 5.74) is 0. The number of morpholine rings is 1. The third kappa shape index (κ3) is 6.19. The highest BCUT2D eigenvalue weighted by atomic mass is 16.5. The molecule has 0 aromatic carbocycles. The van der Waals surface area contributed by atoms with Crippen LogP contribution in [-0.2, 0) is 14.3 Å². The topological polar surface area (TPSA) is 54.0 Å². The van der Waals surface area contributed by atoms with Gasteiger partial charge in [-0.15, -0.1) is 0 Å². The van der Waals surface area contributed by atoms with Gasteiger partial charge in [0.2, 0.25) is 5.91 Å². The Kier molecular flexibility index (Phi) is 7.73. The van der Waals surface area contributed by atoms with Crippen molar-refractivity contribution < 1.29 is 14.3 Å². The Hall–Kier alpha value is -0.690. The van der Waals surface area contributed by atoms with Gasteiger partial charge in [-0.1, -0.05) is 13.8 Å². The lowest BCUT2D eigenvalue weighted by Gasteiger charge is -2.40. The molecule has 0 radical (unpaired) electrons. The molecular weight excluding hydrogens is 330 g/mol. The molecule has 3 aliphatic rings. The summed E-state index contributed by atoms with van der Waals surface area (Å²) in [6.45, 7) is 14.0. The van der Waals surface area contributed by atoms with Gasteiger partial charge < -0.3 is 19.7 Å². The molecule has 6 nitrogen and oxygen atoms in total. The highest BCUT2D eigenvalue weighted by Crippen LogP contribution is 2.24. The van der Waals surface area contributed by atoms with Crippen molar-refractivity contribution in [2.24, 2.45) is 17.8 Å². The number of carbonyl (C=O) groups excluding carboxylic acids is 1. The fraction of sp³-hybridized carbons (Fsp3) is 0.950. The minimum atomic E-state index is 0.106. The highest BCUT2D eigenvalue weighted by Gasteiger charge is 2.33. The van der Waals surface area contributed by atoms with Gasteiger partial charge in [-0.3, -0.25) is 9.69 Å². The van der Waals surface area contributed by atoms with E-state index in [9.17, 15) is 4.79 Å². The molecule has 1 unspecified atom stereocenters. The van der Waals surface area contributed by atoms with E-state index < -0.39 is 0 Å². The lowest BCUT2D eigenvalue weighted by Crippen LogP contribution is -2.51. The van der Waals surface area contributed by atoms with Crippen molar-refractivity contribution in [3.8, 4) is 0 Å². The van der Waals surface area contributed by atoms with Gasteiger partial charge in [0.25, 0.3) is 0 Å². The second-order valence-corrected chi connectivity index (χ2v) is 8.70. The SMILES string of the molecule is CC(C)CN1C[C@@H](CN2CCOCC2)C[C@@H](C(=O)NCC2CCCO2)C1. The van der Waals surface area contributed by atoms with E-state index in [4.69, 9.17) is 9.47 Å². The number of likely N-dealkylation sites (tertiary alicyclic amines) is 1. The number of nitrogens with one attached hydrogen (secondary N) is 1. The summed E-state index contributed by atoms with van der Waals surface area (Å²) in [5, 5.41) is 3.17. The van der Waals surface area contributed by atoms with Crippen molar-refractivity contribution in [3.05, 3.63) is 0 Å². The third-order valence-corrected chi connectivity index (χ3v) is 5.76. The molecule has 3 rings (SSSR count).